The largest absolute Gasteiger partial charge is 0.459 e. The van der Waals surface area contributed by atoms with Gasteiger partial charge in [-0.25, -0.2) is 0 Å². The van der Waals surface area contributed by atoms with Crippen molar-refractivity contribution in [2.75, 3.05) is 27.3 Å². The zero-order chi connectivity index (χ0) is 37.4. The number of ether oxygens (including phenoxy) is 6. The lowest BCUT2D eigenvalue weighted by molar-refractivity contribution is -0.302. The van der Waals surface area contributed by atoms with Gasteiger partial charge in [0.25, 0.3) is 0 Å². The predicted molar refractivity (Wildman–Crippen MR) is 191 cm³/mol. The fourth-order valence-electron chi connectivity index (χ4n) is 8.58. The lowest BCUT2D eigenvalue weighted by Gasteiger charge is -2.48. The first-order valence-corrected chi connectivity index (χ1v) is 18.7. The number of esters is 1. The third-order valence-corrected chi connectivity index (χ3v) is 11.8. The number of hydrogen-bond acceptors (Lipinski definition) is 12. The Morgan fingerprint density at radius 1 is 1.04 bits per heavy atom. The number of aliphatic hydroxyl groups is 1. The third kappa shape index (κ3) is 8.18. The van der Waals surface area contributed by atoms with Crippen LogP contribution in [0.1, 0.15) is 74.7 Å². The first-order valence-electron chi connectivity index (χ1n) is 18.3. The maximum atomic E-state index is 14.1. The maximum absolute atomic E-state index is 14.1. The number of hydrogen-bond donors (Lipinski definition) is 1. The summed E-state index contributed by atoms with van der Waals surface area (Å²) in [5.41, 5.74) is -1.98. The molecular weight excluding hydrogens is 680 g/mol. The molecule has 4 heterocycles. The minimum atomic E-state index is -1.31. The normalized spacial score (nSPS) is 43.4. The van der Waals surface area contributed by atoms with Crippen molar-refractivity contribution in [2.45, 2.75) is 135 Å². The molecular formula is C38H57ClN2O10. The molecule has 3 unspecified atom stereocenters. The molecule has 1 aromatic rings. The smallest absolute Gasteiger partial charge is 0.311 e. The van der Waals surface area contributed by atoms with Gasteiger partial charge in [0.1, 0.15) is 17.9 Å². The minimum Gasteiger partial charge on any atom is -0.459 e. The van der Waals surface area contributed by atoms with E-state index in [-0.39, 0.29) is 37.1 Å². The maximum Gasteiger partial charge on any atom is 0.311 e. The molecule has 1 N–H and O–H groups in total. The van der Waals surface area contributed by atoms with Gasteiger partial charge in [0.05, 0.1) is 54.2 Å². The minimum absolute atomic E-state index is 0.00770. The number of Topliss-reactive ketones (excluding diaryl/α,β-unsaturated/α-hetero) is 1. The molecule has 0 saturated carbocycles. The molecule has 286 valence electrons. The molecule has 0 aliphatic carbocycles. The molecule has 0 amide bonds. The van der Waals surface area contributed by atoms with Gasteiger partial charge in [-0.2, -0.15) is 0 Å². The van der Waals surface area contributed by atoms with Crippen LogP contribution < -0.4 is 4.84 Å². The second-order valence-electron chi connectivity index (χ2n) is 15.7. The van der Waals surface area contributed by atoms with Gasteiger partial charge < -0.3 is 43.3 Å². The van der Waals surface area contributed by atoms with E-state index in [0.717, 1.165) is 0 Å². The standard InChI is InChI=1S/C38H57ClN2O10/c1-11-29-38(8)33(43)22(4)31(50-38)20(2)17-37(7)34(49-36-30(42)27(41(9)10)16-21(3)47-36)23(5)32(24(6)35(44)48-29)45-18-25(19-46-37)40-51-28-15-13-12-14-26(28)39/h12-15,20-24,27,29-32,34,36,42H,11,16-19H2,1-10H3/b40-25+/t20-,21-,22?,23-,24-,27+,29-,30-,31?,32+,34-,36+,37+,38?/m1/s1. The molecule has 0 spiro atoms. The second kappa shape index (κ2) is 16.1. The molecule has 0 radical (unpaired) electrons. The predicted octanol–water partition coefficient (Wildman–Crippen LogP) is 5.06. The van der Waals surface area contributed by atoms with Crippen molar-refractivity contribution in [3.8, 4) is 5.75 Å². The van der Waals surface area contributed by atoms with E-state index in [1.54, 1.807) is 38.1 Å². The highest BCUT2D eigenvalue weighted by atomic mass is 35.5. The van der Waals surface area contributed by atoms with E-state index in [9.17, 15) is 14.7 Å². The molecule has 4 saturated heterocycles. The SMILES string of the molecule is CC[C@H]1OC(=O)[C@H](C)[C@H]2OC/C(=N\Oc3ccccc3Cl)CO[C@@](C)(C[C@@H](C)C3OC1(C)C(=O)C3C)[C@H](O[C@@H]1O[C@H](C)C[C@H](N(C)C)[C@H]1O)[C@@H]2C. The Morgan fingerprint density at radius 3 is 2.41 bits per heavy atom. The van der Waals surface area contributed by atoms with Gasteiger partial charge in [0.2, 0.25) is 0 Å². The van der Waals surface area contributed by atoms with Crippen LogP contribution in [0.3, 0.4) is 0 Å². The van der Waals surface area contributed by atoms with Crippen LogP contribution >= 0.6 is 11.6 Å². The number of para-hydroxylation sites is 1. The molecule has 13 heteroatoms. The van der Waals surface area contributed by atoms with Gasteiger partial charge in [-0.1, -0.05) is 56.6 Å². The summed E-state index contributed by atoms with van der Waals surface area (Å²) in [6.45, 7) is 15.1. The van der Waals surface area contributed by atoms with E-state index in [2.05, 4.69) is 5.16 Å². The molecule has 14 atom stereocenters. The zero-order valence-electron chi connectivity index (χ0n) is 31.7. The van der Waals surface area contributed by atoms with Crippen LogP contribution in [0.4, 0.5) is 0 Å². The number of nitrogens with zero attached hydrogens (tertiary/aromatic N) is 2. The van der Waals surface area contributed by atoms with Crippen LogP contribution in [0.25, 0.3) is 0 Å². The van der Waals surface area contributed by atoms with Crippen molar-refractivity contribution >= 4 is 29.1 Å². The Morgan fingerprint density at radius 2 is 1.75 bits per heavy atom. The van der Waals surface area contributed by atoms with E-state index < -0.39 is 71.7 Å². The Bertz CT molecular complexity index is 1430. The molecule has 12 nitrogen and oxygen atoms in total. The third-order valence-electron chi connectivity index (χ3n) is 11.4. The monoisotopic (exact) mass is 736 g/mol. The molecule has 5 rings (SSSR count). The van der Waals surface area contributed by atoms with E-state index in [1.165, 1.54) is 0 Å². The van der Waals surface area contributed by atoms with Crippen LogP contribution in [0.5, 0.6) is 5.75 Å². The fourth-order valence-corrected chi connectivity index (χ4v) is 8.75. The van der Waals surface area contributed by atoms with Gasteiger partial charge in [-0.3, -0.25) is 9.59 Å². The Hall–Kier alpha value is -2.16. The van der Waals surface area contributed by atoms with Crippen LogP contribution in [0.2, 0.25) is 5.02 Å². The quantitative estimate of drug-likeness (QED) is 0.311. The summed E-state index contributed by atoms with van der Waals surface area (Å²) in [5.74, 6) is -2.24. The molecule has 51 heavy (non-hydrogen) atoms. The number of fused-ring (bicyclic) bond motifs is 5. The van der Waals surface area contributed by atoms with Gasteiger partial charge in [-0.15, -0.1) is 0 Å². The van der Waals surface area contributed by atoms with E-state index >= 15 is 0 Å². The number of carbonyl (C=O) groups is 2. The average molecular weight is 737 g/mol. The average Bonchev–Trinajstić information content (AvgIpc) is 3.34. The first-order chi connectivity index (χ1) is 24.0. The zero-order valence-corrected chi connectivity index (χ0v) is 32.4. The van der Waals surface area contributed by atoms with Gasteiger partial charge in [-0.05, 0) is 79.1 Å². The lowest BCUT2D eigenvalue weighted by Crippen LogP contribution is -2.59. The number of oxime groups is 1. The molecule has 4 fully saturated rings. The van der Waals surface area contributed by atoms with Crippen LogP contribution in [-0.4, -0.2) is 115 Å². The number of rotatable bonds is 6. The van der Waals surface area contributed by atoms with Gasteiger partial charge in [0, 0.05) is 17.9 Å². The van der Waals surface area contributed by atoms with Crippen molar-refractivity contribution in [1.82, 2.24) is 4.90 Å². The number of benzene rings is 1. The first kappa shape index (κ1) is 40.0. The number of likely N-dealkylation sites (N-methyl/N-ethyl adjacent to an activating group) is 1. The van der Waals surface area contributed by atoms with Crippen molar-refractivity contribution in [3.63, 3.8) is 0 Å². The second-order valence-corrected chi connectivity index (χ2v) is 16.1. The molecule has 4 aliphatic rings. The van der Waals surface area contributed by atoms with Crippen LogP contribution in [0.15, 0.2) is 29.4 Å². The molecule has 0 aromatic heterocycles. The van der Waals surface area contributed by atoms with E-state index in [4.69, 9.17) is 44.9 Å². The highest BCUT2D eigenvalue weighted by Crippen LogP contribution is 2.45. The van der Waals surface area contributed by atoms with Crippen molar-refractivity contribution in [2.24, 2.45) is 28.8 Å². The number of aliphatic hydroxyl groups excluding tert-OH is 1. The fraction of sp³-hybridized carbons (Fsp3) is 0.763. The number of halogens is 1. The Kier molecular flexibility index (Phi) is 12.6. The Labute approximate surface area is 307 Å². The topological polar surface area (TPSA) is 135 Å². The summed E-state index contributed by atoms with van der Waals surface area (Å²) in [4.78, 5) is 35.8. The van der Waals surface area contributed by atoms with Crippen molar-refractivity contribution < 1.29 is 48.0 Å². The summed E-state index contributed by atoms with van der Waals surface area (Å²) < 4.78 is 39.5. The summed E-state index contributed by atoms with van der Waals surface area (Å²) in [6, 6.07) is 6.79. The van der Waals surface area contributed by atoms with Crippen LogP contribution in [-0.2, 0) is 38.0 Å². The van der Waals surface area contributed by atoms with Crippen molar-refractivity contribution in [1.29, 1.82) is 0 Å². The highest BCUT2D eigenvalue weighted by Gasteiger charge is 2.58. The number of cyclic esters (lactones) is 1. The number of ketones is 1. The van der Waals surface area contributed by atoms with Gasteiger partial charge in [0.15, 0.2) is 23.4 Å². The van der Waals surface area contributed by atoms with E-state index in [1.807, 2.05) is 60.5 Å². The molecule has 4 bridgehead atoms. The molecule has 1 aromatic carbocycles. The summed E-state index contributed by atoms with van der Waals surface area (Å²) in [6.07, 6.45) is -3.59. The lowest BCUT2D eigenvalue weighted by atomic mass is 9.75. The van der Waals surface area contributed by atoms with Crippen LogP contribution in [0, 0.1) is 23.7 Å². The number of carbonyl (C=O) groups excluding carboxylic acids is 2. The van der Waals surface area contributed by atoms with Crippen molar-refractivity contribution in [3.05, 3.63) is 29.3 Å². The summed E-state index contributed by atoms with van der Waals surface area (Å²) in [5, 5.41) is 16.4. The van der Waals surface area contributed by atoms with Gasteiger partial charge >= 0.3 is 5.97 Å². The summed E-state index contributed by atoms with van der Waals surface area (Å²) >= 11 is 6.35. The summed E-state index contributed by atoms with van der Waals surface area (Å²) in [7, 11) is 3.85. The Balaban J connectivity index is 1.61. The highest BCUT2D eigenvalue weighted by molar-refractivity contribution is 6.32. The van der Waals surface area contributed by atoms with E-state index in [0.29, 0.717) is 35.7 Å². The molecule has 4 aliphatic heterocycles.